The van der Waals surface area contributed by atoms with Crippen LogP contribution in [-0.4, -0.2) is 108 Å². The summed E-state index contributed by atoms with van der Waals surface area (Å²) in [6, 6.07) is 14.1. The summed E-state index contributed by atoms with van der Waals surface area (Å²) >= 11 is 0. The molecule has 4 aliphatic rings. The Morgan fingerprint density at radius 3 is 2.36 bits per heavy atom. The van der Waals surface area contributed by atoms with Gasteiger partial charge in [0, 0.05) is 87.8 Å². The number of aromatic nitrogens is 3. The monoisotopic (exact) mass is 801 g/mol. The Labute approximate surface area is 333 Å². The van der Waals surface area contributed by atoms with Gasteiger partial charge in [-0.25, -0.2) is 9.78 Å². The molecule has 2 N–H and O–H groups in total. The molecule has 1 saturated carbocycles. The zero-order valence-electron chi connectivity index (χ0n) is 32.2. The van der Waals surface area contributed by atoms with Crippen molar-refractivity contribution in [3.05, 3.63) is 72.2 Å². The molecule has 14 nitrogen and oxygen atoms in total. The van der Waals surface area contributed by atoms with E-state index >= 15 is 0 Å². The van der Waals surface area contributed by atoms with Crippen LogP contribution in [0.15, 0.2) is 60.8 Å². The summed E-state index contributed by atoms with van der Waals surface area (Å²) in [5.41, 5.74) is 1.25. The number of halogens is 3. The Hall–Kier alpha value is -5.71. The number of piperazine rings is 1. The lowest BCUT2D eigenvalue weighted by Crippen LogP contribution is -2.51. The maximum atomic E-state index is 13.6. The van der Waals surface area contributed by atoms with E-state index in [9.17, 15) is 32.3 Å². The summed E-state index contributed by atoms with van der Waals surface area (Å²) in [5, 5.41) is 10.6. The maximum absolute atomic E-state index is 13.6. The fourth-order valence-electron chi connectivity index (χ4n) is 8.65. The Kier molecular flexibility index (Phi) is 11.0. The van der Waals surface area contributed by atoms with Crippen LogP contribution in [0.1, 0.15) is 60.7 Å². The molecule has 1 atom stereocenters. The predicted octanol–water partition coefficient (Wildman–Crippen LogP) is 5.56. The van der Waals surface area contributed by atoms with Crippen molar-refractivity contribution in [3.63, 3.8) is 0 Å². The SMILES string of the molecule is COc1cc2nn(C3CCC(CN4CCN(C(=O)[C@@H]5CCN(c6ccc(N7CCC(=O)NC7=O)cc6)C5)CC4)CC3)cc2cc1NC(=O)c1cccc(C(F)(F)F)n1. The minimum atomic E-state index is -4.67. The highest BCUT2D eigenvalue weighted by Crippen LogP contribution is 2.36. The Morgan fingerprint density at radius 1 is 0.914 bits per heavy atom. The van der Waals surface area contributed by atoms with Crippen LogP contribution in [0.3, 0.4) is 0 Å². The molecule has 8 rings (SSSR count). The van der Waals surface area contributed by atoms with E-state index in [-0.39, 0.29) is 35.9 Å². The smallest absolute Gasteiger partial charge is 0.433 e. The zero-order valence-corrected chi connectivity index (χ0v) is 32.2. The highest BCUT2D eigenvalue weighted by Gasteiger charge is 2.35. The number of urea groups is 1. The van der Waals surface area contributed by atoms with Crippen LogP contribution < -0.4 is 25.2 Å². The van der Waals surface area contributed by atoms with E-state index in [1.54, 1.807) is 17.0 Å². The summed E-state index contributed by atoms with van der Waals surface area (Å²) in [7, 11) is 1.45. The molecule has 17 heteroatoms. The Bertz CT molecular complexity index is 2180. The molecule has 3 aliphatic heterocycles. The molecule has 306 valence electrons. The van der Waals surface area contributed by atoms with Crippen molar-refractivity contribution >= 4 is 51.7 Å². The van der Waals surface area contributed by atoms with Gasteiger partial charge < -0.3 is 19.9 Å². The van der Waals surface area contributed by atoms with Gasteiger partial charge in [0.05, 0.1) is 30.3 Å². The summed E-state index contributed by atoms with van der Waals surface area (Å²) in [5.74, 6) is 0.0208. The topological polar surface area (TPSA) is 145 Å². The van der Waals surface area contributed by atoms with Gasteiger partial charge in [0.2, 0.25) is 11.8 Å². The van der Waals surface area contributed by atoms with Crippen LogP contribution in [0.2, 0.25) is 0 Å². The second-order valence-electron chi connectivity index (χ2n) is 15.6. The van der Waals surface area contributed by atoms with Gasteiger partial charge in [0.25, 0.3) is 5.91 Å². The number of benzene rings is 2. The van der Waals surface area contributed by atoms with Crippen molar-refractivity contribution in [1.82, 2.24) is 29.9 Å². The van der Waals surface area contributed by atoms with E-state index in [2.05, 4.69) is 25.4 Å². The third-order valence-electron chi connectivity index (χ3n) is 11.9. The van der Waals surface area contributed by atoms with Crippen molar-refractivity contribution in [2.75, 3.05) is 74.6 Å². The van der Waals surface area contributed by atoms with Gasteiger partial charge in [0.1, 0.15) is 17.1 Å². The van der Waals surface area contributed by atoms with E-state index in [4.69, 9.17) is 9.84 Å². The lowest BCUT2D eigenvalue weighted by Gasteiger charge is -2.39. The molecule has 0 bridgehead atoms. The number of nitrogens with zero attached hydrogens (tertiary/aromatic N) is 7. The number of imide groups is 1. The Balaban J connectivity index is 0.791. The number of alkyl halides is 3. The van der Waals surface area contributed by atoms with Crippen LogP contribution in [0.25, 0.3) is 10.9 Å². The summed E-state index contributed by atoms with van der Waals surface area (Å²) in [6.07, 6.45) is 2.39. The molecule has 0 unspecified atom stereocenters. The fourth-order valence-corrected chi connectivity index (χ4v) is 8.65. The number of carbonyl (C=O) groups excluding carboxylic acids is 4. The van der Waals surface area contributed by atoms with Crippen molar-refractivity contribution in [1.29, 1.82) is 0 Å². The maximum Gasteiger partial charge on any atom is 0.433 e. The average molecular weight is 802 g/mol. The standard InChI is InChI=1S/C41H46F3N9O5/c1-58-35-22-33-28(21-34(35)46-38(55)32-3-2-4-36(45-32)41(42,43)44)25-53(48-33)31-7-5-26(6-8-31)23-49-17-19-50(20-18-49)39(56)27-13-15-51(24-27)29-9-11-30(12-10-29)52-16-14-37(54)47-40(52)57/h2-4,9-12,21-22,25-27,31H,5-8,13-20,23-24H2,1H3,(H,46,55)(H,47,54,57)/t26?,27-,31?/m1/s1. The number of rotatable bonds is 9. The van der Waals surface area contributed by atoms with Crippen molar-refractivity contribution in [3.8, 4) is 5.75 Å². The molecule has 0 spiro atoms. The molecular formula is C41H46F3N9O5. The molecule has 1 aliphatic carbocycles. The van der Waals surface area contributed by atoms with Gasteiger partial charge in [-0.15, -0.1) is 0 Å². The molecule has 58 heavy (non-hydrogen) atoms. The number of ether oxygens (including phenoxy) is 1. The number of anilines is 3. The quantitative estimate of drug-likeness (QED) is 0.222. The minimum absolute atomic E-state index is 0.0486. The first-order valence-corrected chi connectivity index (χ1v) is 19.8. The summed E-state index contributed by atoms with van der Waals surface area (Å²) in [4.78, 5) is 62.0. The second kappa shape index (κ2) is 16.3. The number of pyridine rings is 1. The molecule has 0 radical (unpaired) electrons. The van der Waals surface area contributed by atoms with E-state index in [0.717, 1.165) is 100 Å². The summed E-state index contributed by atoms with van der Waals surface area (Å²) < 4.78 is 47.0. The van der Waals surface area contributed by atoms with Gasteiger partial charge >= 0.3 is 12.2 Å². The normalized spacial score (nSPS) is 22.0. The molecule has 5 heterocycles. The number of hydrogen-bond donors (Lipinski definition) is 2. The van der Waals surface area contributed by atoms with E-state index in [1.807, 2.05) is 40.0 Å². The van der Waals surface area contributed by atoms with Gasteiger partial charge in [-0.3, -0.25) is 34.2 Å². The molecule has 5 amide bonds. The molecular weight excluding hydrogens is 756 g/mol. The molecule has 3 saturated heterocycles. The molecule has 2 aromatic carbocycles. The first-order chi connectivity index (χ1) is 27.9. The highest BCUT2D eigenvalue weighted by molar-refractivity contribution is 6.06. The third-order valence-corrected chi connectivity index (χ3v) is 11.9. The van der Waals surface area contributed by atoms with Gasteiger partial charge in [0.15, 0.2) is 0 Å². The number of hydrogen-bond acceptors (Lipinski definition) is 9. The second-order valence-corrected chi connectivity index (χ2v) is 15.6. The Morgan fingerprint density at radius 2 is 1.66 bits per heavy atom. The molecule has 4 aromatic rings. The molecule has 2 aromatic heterocycles. The fraction of sp³-hybridized carbons (Fsp3) is 0.463. The van der Waals surface area contributed by atoms with E-state index < -0.39 is 23.8 Å². The van der Waals surface area contributed by atoms with E-state index in [1.165, 1.54) is 13.2 Å². The first kappa shape index (κ1) is 39.1. The van der Waals surface area contributed by atoms with Crippen LogP contribution in [0.4, 0.5) is 35.0 Å². The van der Waals surface area contributed by atoms with Crippen molar-refractivity contribution in [2.24, 2.45) is 11.8 Å². The van der Waals surface area contributed by atoms with Gasteiger partial charge in [-0.05, 0) is 80.5 Å². The average Bonchev–Trinajstić information content (AvgIpc) is 3.89. The highest BCUT2D eigenvalue weighted by atomic mass is 19.4. The number of carbonyl (C=O) groups is 4. The number of methoxy groups -OCH3 is 1. The van der Waals surface area contributed by atoms with Crippen LogP contribution in [0, 0.1) is 11.8 Å². The van der Waals surface area contributed by atoms with Crippen molar-refractivity contribution < 1.29 is 37.1 Å². The zero-order chi connectivity index (χ0) is 40.6. The van der Waals surface area contributed by atoms with Gasteiger partial charge in [-0.1, -0.05) is 6.07 Å². The molecule has 4 fully saturated rings. The van der Waals surface area contributed by atoms with E-state index in [0.29, 0.717) is 36.0 Å². The third kappa shape index (κ3) is 8.44. The van der Waals surface area contributed by atoms with Crippen molar-refractivity contribution in [2.45, 2.75) is 50.7 Å². The predicted molar refractivity (Wildman–Crippen MR) is 210 cm³/mol. The number of fused-ring (bicyclic) bond motifs is 1. The van der Waals surface area contributed by atoms with Gasteiger partial charge in [-0.2, -0.15) is 18.3 Å². The largest absolute Gasteiger partial charge is 0.494 e. The lowest BCUT2D eigenvalue weighted by atomic mass is 9.85. The van der Waals surface area contributed by atoms with Crippen LogP contribution in [-0.2, 0) is 15.8 Å². The number of nitrogens with one attached hydrogen (secondary N) is 2. The minimum Gasteiger partial charge on any atom is -0.494 e. The lowest BCUT2D eigenvalue weighted by molar-refractivity contribution is -0.141. The summed E-state index contributed by atoms with van der Waals surface area (Å²) in [6.45, 7) is 5.97. The number of amides is 5. The first-order valence-electron chi connectivity index (χ1n) is 19.8. The van der Waals surface area contributed by atoms with Crippen LogP contribution in [0.5, 0.6) is 5.75 Å². The van der Waals surface area contributed by atoms with Crippen LogP contribution >= 0.6 is 0 Å².